The molecular formula is C12H10F2N2O2. The van der Waals surface area contributed by atoms with Gasteiger partial charge in [-0.05, 0) is 12.1 Å². The summed E-state index contributed by atoms with van der Waals surface area (Å²) < 4.78 is 30.7. The normalized spacial score (nSPS) is 10.3. The molecule has 1 amide bonds. The van der Waals surface area contributed by atoms with Gasteiger partial charge in [-0.2, -0.15) is 0 Å². The van der Waals surface area contributed by atoms with Crippen LogP contribution in [0.15, 0.2) is 35.1 Å². The Morgan fingerprint density at radius 1 is 1.33 bits per heavy atom. The van der Waals surface area contributed by atoms with E-state index >= 15 is 0 Å². The minimum atomic E-state index is -1.11. The van der Waals surface area contributed by atoms with Crippen LogP contribution in [-0.2, 0) is 6.54 Å². The van der Waals surface area contributed by atoms with Gasteiger partial charge < -0.3 is 15.5 Å². The van der Waals surface area contributed by atoms with Gasteiger partial charge in [0.15, 0.2) is 11.6 Å². The SMILES string of the molecule is Nc1cc(F)c(F)cc1C(=O)NCc1ccoc1. The molecule has 0 fully saturated rings. The lowest BCUT2D eigenvalue weighted by atomic mass is 10.1. The maximum Gasteiger partial charge on any atom is 0.253 e. The number of furan rings is 1. The topological polar surface area (TPSA) is 68.3 Å². The molecule has 0 saturated heterocycles. The second kappa shape index (κ2) is 4.87. The number of carbonyl (C=O) groups excluding carboxylic acids is 1. The third-order valence-electron chi connectivity index (χ3n) is 2.37. The first-order valence-electron chi connectivity index (χ1n) is 5.11. The number of nitrogens with two attached hydrogens (primary N) is 1. The average Bonchev–Trinajstić information content (AvgIpc) is 2.84. The molecule has 0 aliphatic heterocycles. The summed E-state index contributed by atoms with van der Waals surface area (Å²) in [5, 5.41) is 2.52. The molecule has 0 saturated carbocycles. The number of rotatable bonds is 3. The van der Waals surface area contributed by atoms with E-state index in [-0.39, 0.29) is 17.8 Å². The lowest BCUT2D eigenvalue weighted by Crippen LogP contribution is -2.24. The summed E-state index contributed by atoms with van der Waals surface area (Å²) in [6.45, 7) is 0.216. The van der Waals surface area contributed by atoms with Crippen LogP contribution in [0.1, 0.15) is 15.9 Å². The Balaban J connectivity index is 2.11. The van der Waals surface area contributed by atoms with Gasteiger partial charge in [-0.3, -0.25) is 4.79 Å². The number of nitrogen functional groups attached to an aromatic ring is 1. The fourth-order valence-electron chi connectivity index (χ4n) is 1.43. The van der Waals surface area contributed by atoms with E-state index in [1.807, 2.05) is 0 Å². The summed E-state index contributed by atoms with van der Waals surface area (Å²) in [6.07, 6.45) is 2.93. The zero-order valence-corrected chi connectivity index (χ0v) is 9.24. The van der Waals surface area contributed by atoms with E-state index in [1.165, 1.54) is 12.5 Å². The minimum Gasteiger partial charge on any atom is -0.472 e. The molecule has 18 heavy (non-hydrogen) atoms. The summed E-state index contributed by atoms with van der Waals surface area (Å²) in [6, 6.07) is 3.23. The van der Waals surface area contributed by atoms with Crippen LogP contribution < -0.4 is 11.1 Å². The maximum absolute atomic E-state index is 13.0. The summed E-state index contributed by atoms with van der Waals surface area (Å²) >= 11 is 0. The monoisotopic (exact) mass is 252 g/mol. The van der Waals surface area contributed by atoms with Gasteiger partial charge in [0.05, 0.1) is 18.1 Å². The van der Waals surface area contributed by atoms with Crippen molar-refractivity contribution in [3.05, 3.63) is 53.5 Å². The Morgan fingerprint density at radius 2 is 2.06 bits per heavy atom. The first-order valence-corrected chi connectivity index (χ1v) is 5.11. The molecule has 0 spiro atoms. The smallest absolute Gasteiger partial charge is 0.253 e. The second-order valence-corrected chi connectivity index (χ2v) is 3.67. The highest BCUT2D eigenvalue weighted by Crippen LogP contribution is 2.17. The molecule has 2 aromatic rings. The number of anilines is 1. The quantitative estimate of drug-likeness (QED) is 0.821. The van der Waals surface area contributed by atoms with Crippen molar-refractivity contribution in [2.24, 2.45) is 0 Å². The Morgan fingerprint density at radius 3 is 2.72 bits per heavy atom. The van der Waals surface area contributed by atoms with E-state index < -0.39 is 17.5 Å². The van der Waals surface area contributed by atoms with E-state index in [9.17, 15) is 13.6 Å². The molecule has 94 valence electrons. The Labute approximate surface area is 101 Å². The zero-order valence-electron chi connectivity index (χ0n) is 9.24. The number of nitrogens with one attached hydrogen (secondary N) is 1. The molecule has 1 aromatic carbocycles. The van der Waals surface area contributed by atoms with Crippen molar-refractivity contribution >= 4 is 11.6 Å². The third kappa shape index (κ3) is 2.48. The van der Waals surface area contributed by atoms with Crippen LogP contribution in [-0.4, -0.2) is 5.91 Å². The molecule has 0 atom stereocenters. The Bertz CT molecular complexity index is 568. The van der Waals surface area contributed by atoms with Gasteiger partial charge in [0.25, 0.3) is 5.91 Å². The molecule has 0 aliphatic carbocycles. The number of hydrogen-bond acceptors (Lipinski definition) is 3. The Kier molecular flexibility index (Phi) is 3.27. The van der Waals surface area contributed by atoms with Crippen LogP contribution in [0.4, 0.5) is 14.5 Å². The average molecular weight is 252 g/mol. The molecule has 0 bridgehead atoms. The van der Waals surface area contributed by atoms with Crippen molar-refractivity contribution in [2.45, 2.75) is 6.54 Å². The van der Waals surface area contributed by atoms with Crippen LogP contribution in [0.25, 0.3) is 0 Å². The van der Waals surface area contributed by atoms with Crippen molar-refractivity contribution in [1.82, 2.24) is 5.32 Å². The molecule has 6 heteroatoms. The van der Waals surface area contributed by atoms with Crippen molar-refractivity contribution in [1.29, 1.82) is 0 Å². The summed E-state index contributed by atoms with van der Waals surface area (Å²) in [7, 11) is 0. The molecule has 2 rings (SSSR count). The summed E-state index contributed by atoms with van der Waals surface area (Å²) in [5.74, 6) is -2.77. The standard InChI is InChI=1S/C12H10F2N2O2/c13-9-3-8(11(15)4-10(9)14)12(17)16-5-7-1-2-18-6-7/h1-4,6H,5,15H2,(H,16,17). The first kappa shape index (κ1) is 12.1. The summed E-state index contributed by atoms with van der Waals surface area (Å²) in [4.78, 5) is 11.7. The van der Waals surface area contributed by atoms with Crippen LogP contribution in [0, 0.1) is 11.6 Å². The highest BCUT2D eigenvalue weighted by Gasteiger charge is 2.14. The van der Waals surface area contributed by atoms with Crippen LogP contribution in [0.3, 0.4) is 0 Å². The molecule has 3 N–H and O–H groups in total. The van der Waals surface area contributed by atoms with Gasteiger partial charge in [-0.1, -0.05) is 0 Å². The molecule has 0 radical (unpaired) electrons. The zero-order chi connectivity index (χ0) is 13.1. The van der Waals surface area contributed by atoms with Gasteiger partial charge >= 0.3 is 0 Å². The highest BCUT2D eigenvalue weighted by molar-refractivity contribution is 5.99. The largest absolute Gasteiger partial charge is 0.472 e. The maximum atomic E-state index is 13.0. The van der Waals surface area contributed by atoms with Crippen molar-refractivity contribution in [3.8, 4) is 0 Å². The molecule has 0 unspecified atom stereocenters. The third-order valence-corrected chi connectivity index (χ3v) is 2.37. The predicted octanol–water partition coefficient (Wildman–Crippen LogP) is 2.07. The summed E-state index contributed by atoms with van der Waals surface area (Å²) in [5.41, 5.74) is 6.00. The van der Waals surface area contributed by atoms with Crippen molar-refractivity contribution in [2.75, 3.05) is 5.73 Å². The van der Waals surface area contributed by atoms with Gasteiger partial charge in [-0.25, -0.2) is 8.78 Å². The van der Waals surface area contributed by atoms with Crippen molar-refractivity contribution in [3.63, 3.8) is 0 Å². The van der Waals surface area contributed by atoms with Gasteiger partial charge in [0, 0.05) is 23.9 Å². The molecular weight excluding hydrogens is 242 g/mol. The van der Waals surface area contributed by atoms with Crippen LogP contribution >= 0.6 is 0 Å². The van der Waals surface area contributed by atoms with Gasteiger partial charge in [-0.15, -0.1) is 0 Å². The number of amides is 1. The second-order valence-electron chi connectivity index (χ2n) is 3.67. The Hall–Kier alpha value is -2.37. The van der Waals surface area contributed by atoms with E-state index in [0.29, 0.717) is 0 Å². The lowest BCUT2D eigenvalue weighted by Gasteiger charge is -2.07. The number of hydrogen-bond donors (Lipinski definition) is 2. The number of halogens is 2. The van der Waals surface area contributed by atoms with Gasteiger partial charge in [0.2, 0.25) is 0 Å². The van der Waals surface area contributed by atoms with E-state index in [0.717, 1.165) is 17.7 Å². The lowest BCUT2D eigenvalue weighted by molar-refractivity contribution is 0.0951. The number of carbonyl (C=O) groups is 1. The fraction of sp³-hybridized carbons (Fsp3) is 0.0833. The molecule has 0 aliphatic rings. The molecule has 4 nitrogen and oxygen atoms in total. The van der Waals surface area contributed by atoms with Crippen molar-refractivity contribution < 1.29 is 18.0 Å². The van der Waals surface area contributed by atoms with Gasteiger partial charge in [0.1, 0.15) is 0 Å². The minimum absolute atomic E-state index is 0.0996. The fourth-order valence-corrected chi connectivity index (χ4v) is 1.43. The van der Waals surface area contributed by atoms with Crippen LogP contribution in [0.5, 0.6) is 0 Å². The highest BCUT2D eigenvalue weighted by atomic mass is 19.2. The van der Waals surface area contributed by atoms with E-state index in [2.05, 4.69) is 5.32 Å². The first-order chi connectivity index (χ1) is 8.58. The van der Waals surface area contributed by atoms with Crippen LogP contribution in [0.2, 0.25) is 0 Å². The number of benzene rings is 1. The predicted molar refractivity (Wildman–Crippen MR) is 60.6 cm³/mol. The van der Waals surface area contributed by atoms with E-state index in [4.69, 9.17) is 10.2 Å². The molecule has 1 aromatic heterocycles. The van der Waals surface area contributed by atoms with E-state index in [1.54, 1.807) is 6.07 Å². The molecule has 1 heterocycles.